The Morgan fingerprint density at radius 1 is 1.19 bits per heavy atom. The average molecular weight is 298 g/mol. The van der Waals surface area contributed by atoms with Crippen LogP contribution in [0.3, 0.4) is 0 Å². The number of nitrogens with zero attached hydrogens (tertiary/aromatic N) is 1. The van der Waals surface area contributed by atoms with Gasteiger partial charge in [-0.3, -0.25) is 0 Å². The Morgan fingerprint density at radius 3 is 2.71 bits per heavy atom. The van der Waals surface area contributed by atoms with Gasteiger partial charge in [-0.15, -0.1) is 11.3 Å². The van der Waals surface area contributed by atoms with E-state index in [1.807, 2.05) is 30.3 Å². The third kappa shape index (κ3) is 3.23. The first-order chi connectivity index (χ1) is 10.3. The summed E-state index contributed by atoms with van der Waals surface area (Å²) in [5.41, 5.74) is 8.37. The monoisotopic (exact) mass is 298 g/mol. The number of thiazole rings is 1. The van der Waals surface area contributed by atoms with Crippen molar-refractivity contribution in [2.45, 2.75) is 25.8 Å². The molecule has 3 aromatic rings. The third-order valence-corrected chi connectivity index (χ3v) is 4.28. The maximum Gasteiger partial charge on any atom is 0.121 e. The molecule has 0 spiro atoms. The van der Waals surface area contributed by atoms with Gasteiger partial charge in [0.15, 0.2) is 0 Å². The van der Waals surface area contributed by atoms with Crippen LogP contribution in [0, 0.1) is 0 Å². The second-order valence-electron chi connectivity index (χ2n) is 4.96. The van der Waals surface area contributed by atoms with E-state index in [1.165, 1.54) is 0 Å². The second kappa shape index (κ2) is 6.24. The Balaban J connectivity index is 1.72. The molecule has 2 N–H and O–H groups in total. The molecule has 108 valence electrons. The largest absolute Gasteiger partial charge is 0.464 e. The van der Waals surface area contributed by atoms with E-state index in [0.29, 0.717) is 6.42 Å². The third-order valence-electron chi connectivity index (χ3n) is 3.41. The van der Waals surface area contributed by atoms with Crippen LogP contribution in [0.25, 0.3) is 11.3 Å². The number of aromatic nitrogens is 1. The molecule has 0 bridgehead atoms. The van der Waals surface area contributed by atoms with E-state index in [2.05, 4.69) is 29.4 Å². The van der Waals surface area contributed by atoms with Crippen molar-refractivity contribution >= 4 is 11.3 Å². The molecule has 21 heavy (non-hydrogen) atoms. The van der Waals surface area contributed by atoms with Crippen molar-refractivity contribution in [3.8, 4) is 11.3 Å². The van der Waals surface area contributed by atoms with Gasteiger partial charge in [0.2, 0.25) is 0 Å². The minimum atomic E-state index is -0.139. The number of benzene rings is 1. The zero-order chi connectivity index (χ0) is 14.7. The van der Waals surface area contributed by atoms with E-state index < -0.39 is 0 Å². The fraction of sp³-hybridized carbons (Fsp3) is 0.235. The normalized spacial score (nSPS) is 12.5. The van der Waals surface area contributed by atoms with Crippen molar-refractivity contribution in [2.24, 2.45) is 5.73 Å². The summed E-state index contributed by atoms with van der Waals surface area (Å²) in [7, 11) is 0. The Hall–Kier alpha value is -1.91. The van der Waals surface area contributed by atoms with Crippen molar-refractivity contribution < 1.29 is 4.42 Å². The molecule has 0 amide bonds. The maximum atomic E-state index is 6.22. The van der Waals surface area contributed by atoms with E-state index >= 15 is 0 Å². The highest BCUT2D eigenvalue weighted by molar-refractivity contribution is 7.09. The molecule has 1 unspecified atom stereocenters. The van der Waals surface area contributed by atoms with Gasteiger partial charge < -0.3 is 10.2 Å². The van der Waals surface area contributed by atoms with E-state index in [4.69, 9.17) is 10.2 Å². The first-order valence-corrected chi connectivity index (χ1v) is 7.98. The van der Waals surface area contributed by atoms with Gasteiger partial charge >= 0.3 is 0 Å². The lowest BCUT2D eigenvalue weighted by atomic mass is 10.1. The zero-order valence-electron chi connectivity index (χ0n) is 12.0. The van der Waals surface area contributed by atoms with Crippen LogP contribution in [0.1, 0.15) is 29.5 Å². The number of hydrogen-bond acceptors (Lipinski definition) is 4. The molecular formula is C17H18N2OS. The molecule has 0 aliphatic heterocycles. The second-order valence-corrected chi connectivity index (χ2v) is 5.90. The summed E-state index contributed by atoms with van der Waals surface area (Å²) in [6.45, 7) is 2.07. The number of hydrogen-bond donors (Lipinski definition) is 1. The van der Waals surface area contributed by atoms with Gasteiger partial charge in [-0.05, 0) is 12.1 Å². The Labute approximate surface area is 128 Å². The minimum absolute atomic E-state index is 0.139. The summed E-state index contributed by atoms with van der Waals surface area (Å²) in [6.07, 6.45) is 1.59. The van der Waals surface area contributed by atoms with Crippen LogP contribution in [-0.4, -0.2) is 4.98 Å². The minimum Gasteiger partial charge on any atom is -0.464 e. The molecule has 2 aromatic heterocycles. The van der Waals surface area contributed by atoms with E-state index in [9.17, 15) is 0 Å². The predicted molar refractivity (Wildman–Crippen MR) is 86.3 cm³/mol. The van der Waals surface area contributed by atoms with E-state index in [1.54, 1.807) is 11.3 Å². The fourth-order valence-corrected chi connectivity index (χ4v) is 3.08. The van der Waals surface area contributed by atoms with E-state index in [0.717, 1.165) is 34.2 Å². The lowest BCUT2D eigenvalue weighted by Crippen LogP contribution is -2.12. The van der Waals surface area contributed by atoms with Crippen LogP contribution in [0.5, 0.6) is 0 Å². The molecule has 2 heterocycles. The summed E-state index contributed by atoms with van der Waals surface area (Å²) in [6, 6.07) is 14.0. The summed E-state index contributed by atoms with van der Waals surface area (Å²) in [5, 5.41) is 3.12. The molecule has 0 fully saturated rings. The number of nitrogens with two attached hydrogens (primary N) is 1. The van der Waals surface area contributed by atoms with Crippen LogP contribution in [0.2, 0.25) is 0 Å². The van der Waals surface area contributed by atoms with Crippen LogP contribution >= 0.6 is 11.3 Å². The zero-order valence-corrected chi connectivity index (χ0v) is 12.8. The SMILES string of the molecule is CCc1ccc(C(N)Cc2nc(-c3ccccc3)cs2)o1. The average Bonchev–Trinajstić information content (AvgIpc) is 3.17. The quantitative estimate of drug-likeness (QED) is 0.767. The molecule has 1 atom stereocenters. The number of furan rings is 1. The highest BCUT2D eigenvalue weighted by Gasteiger charge is 2.14. The summed E-state index contributed by atoms with van der Waals surface area (Å²) >= 11 is 1.65. The highest BCUT2D eigenvalue weighted by atomic mass is 32.1. The predicted octanol–water partition coefficient (Wildman–Crippen LogP) is 4.21. The first kappa shape index (κ1) is 14.0. The van der Waals surface area contributed by atoms with Gasteiger partial charge in [0.05, 0.1) is 16.7 Å². The van der Waals surface area contributed by atoms with Gasteiger partial charge in [-0.1, -0.05) is 37.3 Å². The van der Waals surface area contributed by atoms with Gasteiger partial charge in [-0.2, -0.15) is 0 Å². The van der Waals surface area contributed by atoms with Gasteiger partial charge in [0.1, 0.15) is 11.5 Å². The van der Waals surface area contributed by atoms with Crippen LogP contribution in [-0.2, 0) is 12.8 Å². The molecule has 0 radical (unpaired) electrons. The lowest BCUT2D eigenvalue weighted by Gasteiger charge is -2.06. The maximum absolute atomic E-state index is 6.22. The van der Waals surface area contributed by atoms with Crippen molar-refractivity contribution in [3.63, 3.8) is 0 Å². The van der Waals surface area contributed by atoms with Crippen LogP contribution in [0.4, 0.5) is 0 Å². The van der Waals surface area contributed by atoms with Crippen molar-refractivity contribution in [2.75, 3.05) is 0 Å². The summed E-state index contributed by atoms with van der Waals surface area (Å²) < 4.78 is 5.71. The number of aryl methyl sites for hydroxylation is 1. The molecule has 0 saturated carbocycles. The standard InChI is InChI=1S/C17H18N2OS/c1-2-13-8-9-16(20-13)14(18)10-17-19-15(11-21-17)12-6-4-3-5-7-12/h3-9,11,14H,2,10,18H2,1H3. The molecule has 0 saturated heterocycles. The topological polar surface area (TPSA) is 52.0 Å². The molecule has 0 aliphatic rings. The Morgan fingerprint density at radius 2 is 2.00 bits per heavy atom. The number of rotatable bonds is 5. The van der Waals surface area contributed by atoms with Crippen molar-refractivity contribution in [1.82, 2.24) is 4.98 Å². The van der Waals surface area contributed by atoms with Crippen molar-refractivity contribution in [3.05, 3.63) is 64.4 Å². The highest BCUT2D eigenvalue weighted by Crippen LogP contribution is 2.25. The molecular weight excluding hydrogens is 280 g/mol. The van der Waals surface area contributed by atoms with Gasteiger partial charge in [0.25, 0.3) is 0 Å². The molecule has 4 heteroatoms. The summed E-state index contributed by atoms with van der Waals surface area (Å²) in [5.74, 6) is 1.81. The lowest BCUT2D eigenvalue weighted by molar-refractivity contribution is 0.434. The summed E-state index contributed by atoms with van der Waals surface area (Å²) in [4.78, 5) is 4.67. The molecule has 0 aliphatic carbocycles. The van der Waals surface area contributed by atoms with Crippen LogP contribution < -0.4 is 5.73 Å². The first-order valence-electron chi connectivity index (χ1n) is 7.10. The fourth-order valence-electron chi connectivity index (χ4n) is 2.22. The Kier molecular flexibility index (Phi) is 4.18. The molecule has 3 nitrogen and oxygen atoms in total. The van der Waals surface area contributed by atoms with Gasteiger partial charge in [-0.25, -0.2) is 4.98 Å². The Bertz CT molecular complexity index is 702. The molecule has 1 aromatic carbocycles. The molecule has 3 rings (SSSR count). The van der Waals surface area contributed by atoms with E-state index in [-0.39, 0.29) is 6.04 Å². The smallest absolute Gasteiger partial charge is 0.121 e. The van der Waals surface area contributed by atoms with Crippen molar-refractivity contribution in [1.29, 1.82) is 0 Å². The van der Waals surface area contributed by atoms with Crippen LogP contribution in [0.15, 0.2) is 52.3 Å². The van der Waals surface area contributed by atoms with Gasteiger partial charge in [0, 0.05) is 23.8 Å².